The van der Waals surface area contributed by atoms with Crippen molar-refractivity contribution in [3.63, 3.8) is 0 Å². The van der Waals surface area contributed by atoms with Gasteiger partial charge in [-0.2, -0.15) is 0 Å². The van der Waals surface area contributed by atoms with Crippen molar-refractivity contribution in [2.75, 3.05) is 9.80 Å². The second-order valence-electron chi connectivity index (χ2n) is 22.0. The van der Waals surface area contributed by atoms with Crippen LogP contribution in [0.25, 0.3) is 98.8 Å². The second kappa shape index (κ2) is 16.7. The minimum absolute atomic E-state index is 0.641. The average molecular weight is 1030 g/mol. The molecule has 0 saturated carbocycles. The van der Waals surface area contributed by atoms with Gasteiger partial charge in [-0.25, -0.2) is 0 Å². The second-order valence-corrected chi connectivity index (χ2v) is 22.0. The van der Waals surface area contributed by atoms with Crippen molar-refractivity contribution < 1.29 is 0 Å². The molecule has 4 heteroatoms. The molecule has 0 aliphatic heterocycles. The molecule has 0 bridgehead atoms. The van der Waals surface area contributed by atoms with E-state index < -0.39 is 5.41 Å². The van der Waals surface area contributed by atoms with Gasteiger partial charge in [-0.1, -0.05) is 182 Å². The maximum Gasteiger partial charge on any atom is 0.0727 e. The fraction of sp³-hybridized carbons (Fsp3) is 0.0130. The van der Waals surface area contributed by atoms with Crippen molar-refractivity contribution in [2.45, 2.75) is 5.41 Å². The number of fused-ring (bicyclic) bond motifs is 10. The monoisotopic (exact) mass is 1030 g/mol. The van der Waals surface area contributed by atoms with Crippen LogP contribution in [0.15, 0.2) is 291 Å². The van der Waals surface area contributed by atoms with Crippen LogP contribution in [0.1, 0.15) is 22.3 Å². The standard InChI is InChI=1S/C77H48N4/c1-5-21-53(22-6-1)78(59-43-51-37-35-49-19-17-33-69-73(49)75(51)71(47-59)80(69)55-25-9-3-10-26-55)57-39-41-63-64-42-40-58(46-68(64)77(67(63)45-57)65-31-15-13-29-61(65)62-30-14-16-32-66(62)77)79(54-23-7-2-8-24-54)60-44-52-38-36-50-20-18-34-70-74(50)76(52)72(48-60)81(70)56-27-11-4-12-28-56/h1-48H. The zero-order valence-electron chi connectivity index (χ0n) is 44.0. The minimum atomic E-state index is -0.641. The molecule has 0 radical (unpaired) electrons. The van der Waals surface area contributed by atoms with Crippen molar-refractivity contribution in [2.24, 2.45) is 0 Å². The lowest BCUT2D eigenvalue weighted by Gasteiger charge is -2.33. The van der Waals surface area contributed by atoms with E-state index in [1.54, 1.807) is 0 Å². The van der Waals surface area contributed by atoms with Gasteiger partial charge in [-0.15, -0.1) is 0 Å². The molecule has 2 heterocycles. The van der Waals surface area contributed by atoms with E-state index in [0.717, 1.165) is 45.5 Å². The summed E-state index contributed by atoms with van der Waals surface area (Å²) in [7, 11) is 0. The highest BCUT2D eigenvalue weighted by Crippen LogP contribution is 2.64. The van der Waals surface area contributed by atoms with Gasteiger partial charge in [0, 0.05) is 67.0 Å². The van der Waals surface area contributed by atoms with Crippen LogP contribution in [0.3, 0.4) is 0 Å². The molecule has 81 heavy (non-hydrogen) atoms. The van der Waals surface area contributed by atoms with Gasteiger partial charge < -0.3 is 18.9 Å². The Morgan fingerprint density at radius 1 is 0.222 bits per heavy atom. The maximum absolute atomic E-state index is 2.52. The van der Waals surface area contributed by atoms with Crippen LogP contribution < -0.4 is 9.80 Å². The number of nitrogens with zero attached hydrogens (tertiary/aromatic N) is 4. The van der Waals surface area contributed by atoms with E-state index in [1.165, 1.54) is 110 Å². The Labute approximate surface area is 468 Å². The van der Waals surface area contributed by atoms with Crippen LogP contribution >= 0.6 is 0 Å². The van der Waals surface area contributed by atoms with Gasteiger partial charge >= 0.3 is 0 Å². The average Bonchev–Trinajstić information content (AvgIpc) is 4.33. The highest BCUT2D eigenvalue weighted by molar-refractivity contribution is 6.26. The van der Waals surface area contributed by atoms with E-state index in [1.807, 2.05) is 0 Å². The molecule has 0 atom stereocenters. The minimum Gasteiger partial charge on any atom is -0.310 e. The van der Waals surface area contributed by atoms with E-state index in [4.69, 9.17) is 0 Å². The fourth-order valence-corrected chi connectivity index (χ4v) is 14.8. The largest absolute Gasteiger partial charge is 0.310 e. The molecular weight excluding hydrogens is 981 g/mol. The molecule has 0 fully saturated rings. The lowest BCUT2D eigenvalue weighted by molar-refractivity contribution is 0.793. The number of hydrogen-bond acceptors (Lipinski definition) is 2. The van der Waals surface area contributed by atoms with Crippen LogP contribution in [0.4, 0.5) is 34.1 Å². The molecule has 0 unspecified atom stereocenters. The molecule has 2 aromatic heterocycles. The number of aromatic nitrogens is 2. The van der Waals surface area contributed by atoms with Crippen LogP contribution in [0, 0.1) is 0 Å². The van der Waals surface area contributed by atoms with Gasteiger partial charge in [-0.3, -0.25) is 0 Å². The number of hydrogen-bond donors (Lipinski definition) is 0. The molecule has 4 nitrogen and oxygen atoms in total. The van der Waals surface area contributed by atoms with E-state index >= 15 is 0 Å². The summed E-state index contributed by atoms with van der Waals surface area (Å²) >= 11 is 0. The van der Waals surface area contributed by atoms with E-state index in [2.05, 4.69) is 310 Å². The highest BCUT2D eigenvalue weighted by atomic mass is 15.2. The first-order valence-electron chi connectivity index (χ1n) is 28.1. The Balaban J connectivity index is 0.879. The Kier molecular flexibility index (Phi) is 9.12. The Bertz CT molecular complexity index is 4840. The summed E-state index contributed by atoms with van der Waals surface area (Å²) in [6, 6.07) is 109. The topological polar surface area (TPSA) is 16.3 Å². The van der Waals surface area contributed by atoms with E-state index in [9.17, 15) is 0 Å². The van der Waals surface area contributed by atoms with Crippen LogP contribution in [0.5, 0.6) is 0 Å². The van der Waals surface area contributed by atoms with Crippen molar-refractivity contribution in [1.82, 2.24) is 9.13 Å². The van der Waals surface area contributed by atoms with Gasteiger partial charge in [0.2, 0.25) is 0 Å². The molecule has 16 aromatic rings. The molecule has 14 aromatic carbocycles. The van der Waals surface area contributed by atoms with Gasteiger partial charge in [0.15, 0.2) is 0 Å². The predicted molar refractivity (Wildman–Crippen MR) is 338 cm³/mol. The van der Waals surface area contributed by atoms with Gasteiger partial charge in [-0.05, 0) is 175 Å². The quantitative estimate of drug-likeness (QED) is 0.141. The molecule has 0 amide bonds. The molecular formula is C77H48N4. The molecule has 1 spiro atoms. The Hall–Kier alpha value is -10.7. The van der Waals surface area contributed by atoms with Crippen molar-refractivity contribution in [1.29, 1.82) is 0 Å². The lowest BCUT2D eigenvalue weighted by Crippen LogP contribution is -2.26. The molecule has 18 rings (SSSR count). The summed E-state index contributed by atoms with van der Waals surface area (Å²) in [5, 5.41) is 10.1. The molecule has 0 saturated heterocycles. The molecule has 2 aliphatic carbocycles. The Morgan fingerprint density at radius 3 is 1.04 bits per heavy atom. The van der Waals surface area contributed by atoms with Crippen LogP contribution in [0.2, 0.25) is 0 Å². The SMILES string of the molecule is c1ccc(N(c2ccc3c(c2)C2(c4ccccc4-c4ccccc42)c2cc(N(c4ccccc4)c4cc5ccc6cccc7c6c5c(c4)n7-c4ccccc4)ccc2-3)c2cc3ccc4cccc5c4c3c(c2)n5-c2ccccc2)cc1. The maximum atomic E-state index is 2.52. The van der Waals surface area contributed by atoms with Crippen LogP contribution in [-0.4, -0.2) is 9.13 Å². The first-order valence-corrected chi connectivity index (χ1v) is 28.1. The molecule has 2 aliphatic rings. The smallest absolute Gasteiger partial charge is 0.0727 e. The number of anilines is 6. The zero-order chi connectivity index (χ0) is 52.9. The summed E-state index contributed by atoms with van der Waals surface area (Å²) in [6.45, 7) is 0. The molecule has 0 N–H and O–H groups in total. The summed E-state index contributed by atoms with van der Waals surface area (Å²) in [4.78, 5) is 4.96. The third-order valence-electron chi connectivity index (χ3n) is 17.9. The fourth-order valence-electron chi connectivity index (χ4n) is 14.8. The summed E-state index contributed by atoms with van der Waals surface area (Å²) in [6.07, 6.45) is 0. The van der Waals surface area contributed by atoms with Gasteiger partial charge in [0.05, 0.1) is 27.5 Å². The zero-order valence-corrected chi connectivity index (χ0v) is 44.0. The summed E-state index contributed by atoms with van der Waals surface area (Å²) in [5.41, 5.74) is 23.2. The van der Waals surface area contributed by atoms with Gasteiger partial charge in [0.1, 0.15) is 0 Å². The first kappa shape index (κ1) is 44.3. The highest BCUT2D eigenvalue weighted by Gasteiger charge is 2.52. The third-order valence-corrected chi connectivity index (χ3v) is 17.9. The lowest BCUT2D eigenvalue weighted by atomic mass is 9.70. The number of para-hydroxylation sites is 4. The normalized spacial score (nSPS) is 13.0. The predicted octanol–water partition coefficient (Wildman–Crippen LogP) is 20.3. The van der Waals surface area contributed by atoms with Gasteiger partial charge in [0.25, 0.3) is 0 Å². The Morgan fingerprint density at radius 2 is 0.593 bits per heavy atom. The van der Waals surface area contributed by atoms with E-state index in [-0.39, 0.29) is 0 Å². The van der Waals surface area contributed by atoms with E-state index in [0.29, 0.717) is 0 Å². The molecule has 376 valence electrons. The van der Waals surface area contributed by atoms with Crippen molar-refractivity contribution >= 4 is 99.3 Å². The summed E-state index contributed by atoms with van der Waals surface area (Å²) < 4.78 is 4.91. The third kappa shape index (κ3) is 6.08. The van der Waals surface area contributed by atoms with Crippen molar-refractivity contribution in [3.8, 4) is 33.6 Å². The summed E-state index contributed by atoms with van der Waals surface area (Å²) in [5.74, 6) is 0. The number of benzene rings is 14. The van der Waals surface area contributed by atoms with Crippen molar-refractivity contribution in [3.05, 3.63) is 313 Å². The van der Waals surface area contributed by atoms with Crippen LogP contribution in [-0.2, 0) is 5.41 Å². The first-order chi connectivity index (χ1) is 40.2. The number of rotatable bonds is 8.